The number of para-hydroxylation sites is 1. The van der Waals surface area contributed by atoms with E-state index in [-0.39, 0.29) is 0 Å². The highest BCUT2D eigenvalue weighted by atomic mass is 16.3. The third kappa shape index (κ3) is 1.67. The molecule has 0 saturated carbocycles. The molecule has 0 aliphatic rings. The number of pyridine rings is 1. The van der Waals surface area contributed by atoms with Crippen molar-refractivity contribution in [2.75, 3.05) is 0 Å². The third-order valence-corrected chi connectivity index (χ3v) is 2.94. The maximum absolute atomic E-state index is 9.79. The summed E-state index contributed by atoms with van der Waals surface area (Å²) in [5.41, 5.74) is 1.75. The van der Waals surface area contributed by atoms with Gasteiger partial charge in [-0.25, -0.2) is 9.67 Å². The maximum Gasteiger partial charge on any atom is 0.159 e. The number of hydrogen-bond acceptors (Lipinski definition) is 3. The van der Waals surface area contributed by atoms with Crippen LogP contribution in [0, 0.1) is 0 Å². The number of rotatable bonds is 2. The van der Waals surface area contributed by atoms with Crippen LogP contribution in [-0.4, -0.2) is 19.9 Å². The van der Waals surface area contributed by atoms with Crippen molar-refractivity contribution in [1.29, 1.82) is 0 Å². The van der Waals surface area contributed by atoms with E-state index in [1.807, 2.05) is 36.4 Å². The Balaban J connectivity index is 2.27. The summed E-state index contributed by atoms with van der Waals surface area (Å²) in [5, 5.41) is 15.2. The molecule has 3 rings (SSSR count). The average molecular weight is 239 g/mol. The summed E-state index contributed by atoms with van der Waals surface area (Å²) >= 11 is 0. The molecular formula is C14H13N3O. The zero-order valence-corrected chi connectivity index (χ0v) is 9.99. The normalized spacial score (nSPS) is 12.8. The Morgan fingerprint density at radius 2 is 2.00 bits per heavy atom. The molecule has 1 N–H and O–H groups in total. The minimum atomic E-state index is -0.573. The fourth-order valence-electron chi connectivity index (χ4n) is 2.05. The number of fused-ring (bicyclic) bond motifs is 1. The Morgan fingerprint density at radius 1 is 1.17 bits per heavy atom. The Morgan fingerprint density at radius 3 is 2.83 bits per heavy atom. The number of aliphatic hydroxyl groups excluding tert-OH is 1. The van der Waals surface area contributed by atoms with Crippen molar-refractivity contribution in [3.8, 4) is 5.82 Å². The monoisotopic (exact) mass is 239 g/mol. The minimum absolute atomic E-state index is 0.573. The van der Waals surface area contributed by atoms with Gasteiger partial charge in [0.1, 0.15) is 0 Å². The third-order valence-electron chi connectivity index (χ3n) is 2.94. The molecule has 0 radical (unpaired) electrons. The van der Waals surface area contributed by atoms with Gasteiger partial charge in [0.15, 0.2) is 5.82 Å². The molecule has 1 aromatic carbocycles. The van der Waals surface area contributed by atoms with Crippen molar-refractivity contribution in [2.24, 2.45) is 0 Å². The molecule has 2 aromatic heterocycles. The molecule has 0 amide bonds. The van der Waals surface area contributed by atoms with E-state index >= 15 is 0 Å². The second kappa shape index (κ2) is 4.23. The van der Waals surface area contributed by atoms with Crippen LogP contribution in [-0.2, 0) is 0 Å². The summed E-state index contributed by atoms with van der Waals surface area (Å²) in [6.07, 6.45) is 2.93. The van der Waals surface area contributed by atoms with Crippen LogP contribution >= 0.6 is 0 Å². The standard InChI is InChI=1S/C14H13N3O/c1-10(18)12-6-4-8-15-14(12)17-13-7-3-2-5-11(13)9-16-17/h2-10,18H,1H3. The number of aromatic nitrogens is 3. The number of benzene rings is 1. The Labute approximate surface area is 105 Å². The molecule has 18 heavy (non-hydrogen) atoms. The summed E-state index contributed by atoms with van der Waals surface area (Å²) in [4.78, 5) is 4.33. The van der Waals surface area contributed by atoms with Gasteiger partial charge in [-0.2, -0.15) is 5.10 Å². The van der Waals surface area contributed by atoms with Crippen LogP contribution in [0.25, 0.3) is 16.7 Å². The first-order chi connectivity index (χ1) is 8.77. The van der Waals surface area contributed by atoms with Gasteiger partial charge in [-0.1, -0.05) is 24.3 Å². The van der Waals surface area contributed by atoms with Crippen molar-refractivity contribution >= 4 is 10.9 Å². The molecule has 4 heteroatoms. The van der Waals surface area contributed by atoms with E-state index < -0.39 is 6.10 Å². The van der Waals surface area contributed by atoms with E-state index in [0.717, 1.165) is 16.5 Å². The molecule has 90 valence electrons. The van der Waals surface area contributed by atoms with Crippen molar-refractivity contribution < 1.29 is 5.11 Å². The largest absolute Gasteiger partial charge is 0.389 e. The average Bonchev–Trinajstić information content (AvgIpc) is 2.82. The Bertz CT molecular complexity index is 688. The lowest BCUT2D eigenvalue weighted by atomic mass is 10.1. The van der Waals surface area contributed by atoms with Gasteiger partial charge < -0.3 is 5.11 Å². The van der Waals surface area contributed by atoms with Crippen LogP contribution in [0.5, 0.6) is 0 Å². The predicted molar refractivity (Wildman–Crippen MR) is 69.5 cm³/mol. The molecular weight excluding hydrogens is 226 g/mol. The molecule has 4 nitrogen and oxygen atoms in total. The van der Waals surface area contributed by atoms with E-state index in [0.29, 0.717) is 5.82 Å². The molecule has 1 unspecified atom stereocenters. The first-order valence-corrected chi connectivity index (χ1v) is 5.83. The summed E-state index contributed by atoms with van der Waals surface area (Å²) < 4.78 is 1.76. The number of nitrogens with zero attached hydrogens (tertiary/aromatic N) is 3. The Hall–Kier alpha value is -2.20. The highest BCUT2D eigenvalue weighted by Crippen LogP contribution is 2.22. The quantitative estimate of drug-likeness (QED) is 0.747. The van der Waals surface area contributed by atoms with E-state index in [1.54, 1.807) is 24.0 Å². The summed E-state index contributed by atoms with van der Waals surface area (Å²) in [5.74, 6) is 0.675. The predicted octanol–water partition coefficient (Wildman–Crippen LogP) is 2.47. The van der Waals surface area contributed by atoms with Crippen LogP contribution in [0.1, 0.15) is 18.6 Å². The van der Waals surface area contributed by atoms with E-state index in [2.05, 4.69) is 10.1 Å². The highest BCUT2D eigenvalue weighted by molar-refractivity contribution is 5.80. The molecule has 2 heterocycles. The van der Waals surface area contributed by atoms with Crippen molar-refractivity contribution in [1.82, 2.24) is 14.8 Å². The topological polar surface area (TPSA) is 50.9 Å². The lowest BCUT2D eigenvalue weighted by Gasteiger charge is -2.11. The van der Waals surface area contributed by atoms with Gasteiger partial charge in [0, 0.05) is 17.1 Å². The first kappa shape index (κ1) is 10.9. The van der Waals surface area contributed by atoms with Crippen LogP contribution in [0.15, 0.2) is 48.8 Å². The van der Waals surface area contributed by atoms with E-state index in [1.165, 1.54) is 0 Å². The van der Waals surface area contributed by atoms with Gasteiger partial charge in [-0.15, -0.1) is 0 Å². The molecule has 0 bridgehead atoms. The van der Waals surface area contributed by atoms with Gasteiger partial charge in [-0.05, 0) is 19.1 Å². The second-order valence-corrected chi connectivity index (χ2v) is 4.21. The highest BCUT2D eigenvalue weighted by Gasteiger charge is 2.13. The van der Waals surface area contributed by atoms with Gasteiger partial charge in [0.2, 0.25) is 0 Å². The fourth-order valence-corrected chi connectivity index (χ4v) is 2.05. The van der Waals surface area contributed by atoms with Crippen LogP contribution < -0.4 is 0 Å². The van der Waals surface area contributed by atoms with Gasteiger partial charge in [0.25, 0.3) is 0 Å². The van der Waals surface area contributed by atoms with Crippen molar-refractivity contribution in [2.45, 2.75) is 13.0 Å². The number of aliphatic hydroxyl groups is 1. The van der Waals surface area contributed by atoms with Gasteiger partial charge >= 0.3 is 0 Å². The Kier molecular flexibility index (Phi) is 2.57. The summed E-state index contributed by atoms with van der Waals surface area (Å²) in [6, 6.07) is 11.6. The molecule has 3 aromatic rings. The van der Waals surface area contributed by atoms with Crippen molar-refractivity contribution in [3.05, 3.63) is 54.4 Å². The zero-order valence-electron chi connectivity index (χ0n) is 9.99. The van der Waals surface area contributed by atoms with Crippen LogP contribution in [0.4, 0.5) is 0 Å². The summed E-state index contributed by atoms with van der Waals surface area (Å²) in [6.45, 7) is 1.73. The second-order valence-electron chi connectivity index (χ2n) is 4.21. The molecule has 0 saturated heterocycles. The van der Waals surface area contributed by atoms with Crippen LogP contribution in [0.2, 0.25) is 0 Å². The minimum Gasteiger partial charge on any atom is -0.389 e. The lowest BCUT2D eigenvalue weighted by molar-refractivity contribution is 0.198. The SMILES string of the molecule is CC(O)c1cccnc1-n1ncc2ccccc21. The maximum atomic E-state index is 9.79. The van der Waals surface area contributed by atoms with E-state index in [9.17, 15) is 5.11 Å². The molecule has 0 aliphatic heterocycles. The van der Waals surface area contributed by atoms with Crippen molar-refractivity contribution in [3.63, 3.8) is 0 Å². The zero-order chi connectivity index (χ0) is 12.5. The first-order valence-electron chi connectivity index (χ1n) is 5.83. The van der Waals surface area contributed by atoms with Gasteiger partial charge in [0.05, 0.1) is 17.8 Å². The van der Waals surface area contributed by atoms with Gasteiger partial charge in [-0.3, -0.25) is 0 Å². The molecule has 0 aliphatic carbocycles. The van der Waals surface area contributed by atoms with Crippen LogP contribution in [0.3, 0.4) is 0 Å². The summed E-state index contributed by atoms with van der Waals surface area (Å²) in [7, 11) is 0. The lowest BCUT2D eigenvalue weighted by Crippen LogP contribution is -2.06. The van der Waals surface area contributed by atoms with E-state index in [4.69, 9.17) is 0 Å². The molecule has 0 fully saturated rings. The number of hydrogen-bond donors (Lipinski definition) is 1. The molecule has 0 spiro atoms. The fraction of sp³-hybridized carbons (Fsp3) is 0.143. The molecule has 1 atom stereocenters. The smallest absolute Gasteiger partial charge is 0.159 e.